The minimum Gasteiger partial charge on any atom is -0.459 e. The number of piperidine rings is 1. The predicted octanol–water partition coefficient (Wildman–Crippen LogP) is 5.11. The number of nitrogens with one attached hydrogen (secondary N) is 2. The van der Waals surface area contributed by atoms with Crippen LogP contribution in [0.3, 0.4) is 0 Å². The Morgan fingerprint density at radius 2 is 2.07 bits per heavy atom. The average molecular weight is 442 g/mol. The van der Waals surface area contributed by atoms with Gasteiger partial charge in [-0.1, -0.05) is 48.9 Å². The zero-order valence-electron chi connectivity index (χ0n) is 16.8. The number of halogens is 1. The van der Waals surface area contributed by atoms with Gasteiger partial charge in [-0.2, -0.15) is 4.98 Å². The van der Waals surface area contributed by atoms with Crippen LogP contribution in [-0.2, 0) is 6.54 Å². The van der Waals surface area contributed by atoms with E-state index in [1.165, 1.54) is 6.42 Å². The summed E-state index contributed by atoms with van der Waals surface area (Å²) in [5.74, 6) is 3.46. The molecule has 1 aliphatic rings. The fraction of sp³-hybridized carbons (Fsp3) is 0.318. The molecule has 1 fully saturated rings. The molecular weight excluding hydrogens is 418 g/mol. The van der Waals surface area contributed by atoms with Crippen molar-refractivity contribution in [3.05, 3.63) is 59.4 Å². The first-order valence-corrected chi connectivity index (χ1v) is 10.8. The second kappa shape index (κ2) is 9.45. The molecule has 0 spiro atoms. The van der Waals surface area contributed by atoms with Gasteiger partial charge in [-0.15, -0.1) is 0 Å². The topological polar surface area (TPSA) is 66.2 Å². The predicted molar refractivity (Wildman–Crippen MR) is 125 cm³/mol. The first-order valence-electron chi connectivity index (χ1n) is 10.1. The van der Waals surface area contributed by atoms with Crippen molar-refractivity contribution in [2.45, 2.75) is 26.3 Å². The lowest BCUT2D eigenvalue weighted by atomic mass is 10.0. The highest BCUT2D eigenvalue weighted by molar-refractivity contribution is 7.80. The van der Waals surface area contributed by atoms with Crippen LogP contribution in [0.25, 0.3) is 11.3 Å². The van der Waals surface area contributed by atoms with Crippen molar-refractivity contribution in [3.8, 4) is 11.3 Å². The second-order valence-corrected chi connectivity index (χ2v) is 8.30. The molecule has 0 radical (unpaired) electrons. The van der Waals surface area contributed by atoms with Crippen LogP contribution >= 0.6 is 23.8 Å². The largest absolute Gasteiger partial charge is 0.459 e. The minimum atomic E-state index is 0.387. The zero-order valence-corrected chi connectivity index (χ0v) is 18.3. The van der Waals surface area contributed by atoms with Gasteiger partial charge in [0.1, 0.15) is 22.5 Å². The van der Waals surface area contributed by atoms with Crippen molar-refractivity contribution in [3.63, 3.8) is 0 Å². The Hall–Kier alpha value is -2.64. The fourth-order valence-corrected chi connectivity index (χ4v) is 3.91. The minimum absolute atomic E-state index is 0.387. The van der Waals surface area contributed by atoms with Gasteiger partial charge in [0, 0.05) is 24.7 Å². The molecule has 0 bridgehead atoms. The van der Waals surface area contributed by atoms with E-state index < -0.39 is 0 Å². The summed E-state index contributed by atoms with van der Waals surface area (Å²) in [6.45, 7) is 4.65. The number of benzene rings is 1. The van der Waals surface area contributed by atoms with E-state index in [9.17, 15) is 0 Å². The molecule has 1 aliphatic heterocycles. The molecule has 3 heterocycles. The van der Waals surface area contributed by atoms with Crippen LogP contribution in [0.5, 0.6) is 0 Å². The number of nitrogens with zero attached hydrogens (tertiary/aromatic N) is 3. The summed E-state index contributed by atoms with van der Waals surface area (Å²) >= 11 is 11.6. The summed E-state index contributed by atoms with van der Waals surface area (Å²) in [5.41, 5.74) is 1.04. The van der Waals surface area contributed by atoms with Crippen molar-refractivity contribution in [1.29, 1.82) is 0 Å². The normalized spacial score (nSPS) is 16.3. The first kappa shape index (κ1) is 20.6. The van der Waals surface area contributed by atoms with Crippen molar-refractivity contribution < 1.29 is 4.42 Å². The maximum atomic E-state index is 6.23. The maximum Gasteiger partial charge on any atom is 0.232 e. The van der Waals surface area contributed by atoms with Gasteiger partial charge >= 0.3 is 0 Å². The number of anilines is 2. The Bertz CT molecular complexity index is 1010. The second-order valence-electron chi connectivity index (χ2n) is 7.51. The molecule has 30 heavy (non-hydrogen) atoms. The Labute approximate surface area is 186 Å². The van der Waals surface area contributed by atoms with Gasteiger partial charge in [-0.3, -0.25) is 0 Å². The SMILES string of the molecule is C[C@@H]1CCCN(c2cc(Cl)nc(NC(=S)NCc3ccc(-c4ccccc4)o3)n2)C1. The van der Waals surface area contributed by atoms with E-state index in [0.717, 1.165) is 42.4 Å². The van der Waals surface area contributed by atoms with E-state index in [1.54, 1.807) is 6.07 Å². The van der Waals surface area contributed by atoms with E-state index in [-0.39, 0.29) is 0 Å². The maximum absolute atomic E-state index is 6.23. The Morgan fingerprint density at radius 1 is 1.23 bits per heavy atom. The third-order valence-corrected chi connectivity index (χ3v) is 5.47. The molecule has 4 rings (SSSR count). The fourth-order valence-electron chi connectivity index (χ4n) is 3.56. The quantitative estimate of drug-likeness (QED) is 0.421. The lowest BCUT2D eigenvalue weighted by molar-refractivity contribution is 0.444. The van der Waals surface area contributed by atoms with Crippen molar-refractivity contribution in [2.24, 2.45) is 5.92 Å². The number of hydrogen-bond donors (Lipinski definition) is 2. The highest BCUT2D eigenvalue weighted by atomic mass is 35.5. The standard InChI is InChI=1S/C22H24ClN5OS/c1-15-6-5-11-28(14-15)20-12-19(23)25-21(26-20)27-22(30)24-13-17-9-10-18(29-17)16-7-3-2-4-8-16/h2-4,7-10,12,15H,5-6,11,13-14H2,1H3,(H2,24,25,26,27,30)/t15-/m1/s1. The average Bonchev–Trinajstić information content (AvgIpc) is 3.22. The lowest BCUT2D eigenvalue weighted by Gasteiger charge is -2.32. The van der Waals surface area contributed by atoms with Crippen LogP contribution in [-0.4, -0.2) is 28.2 Å². The van der Waals surface area contributed by atoms with Crippen LogP contribution in [0, 0.1) is 5.92 Å². The number of furan rings is 1. The van der Waals surface area contributed by atoms with Crippen molar-refractivity contribution >= 4 is 40.7 Å². The Morgan fingerprint density at radius 3 is 2.87 bits per heavy atom. The number of rotatable bonds is 5. The molecule has 0 amide bonds. The van der Waals surface area contributed by atoms with E-state index >= 15 is 0 Å². The highest BCUT2D eigenvalue weighted by Gasteiger charge is 2.19. The molecule has 1 atom stereocenters. The van der Waals surface area contributed by atoms with Crippen LogP contribution < -0.4 is 15.5 Å². The van der Waals surface area contributed by atoms with Crippen LogP contribution in [0.2, 0.25) is 5.15 Å². The zero-order chi connectivity index (χ0) is 20.9. The third kappa shape index (κ3) is 5.29. The summed E-state index contributed by atoms with van der Waals surface area (Å²) < 4.78 is 5.89. The van der Waals surface area contributed by atoms with Crippen LogP contribution in [0.4, 0.5) is 11.8 Å². The van der Waals surface area contributed by atoms with Gasteiger partial charge in [0.15, 0.2) is 5.11 Å². The molecule has 2 aromatic heterocycles. The third-order valence-electron chi connectivity index (χ3n) is 5.03. The molecule has 0 saturated carbocycles. The van der Waals surface area contributed by atoms with Gasteiger partial charge in [0.2, 0.25) is 5.95 Å². The molecule has 0 unspecified atom stereocenters. The summed E-state index contributed by atoms with van der Waals surface area (Å²) in [6, 6.07) is 15.7. The van der Waals surface area contributed by atoms with E-state index in [0.29, 0.717) is 28.7 Å². The monoisotopic (exact) mass is 441 g/mol. The van der Waals surface area contributed by atoms with E-state index in [1.807, 2.05) is 42.5 Å². The van der Waals surface area contributed by atoms with Gasteiger partial charge < -0.3 is 20.0 Å². The summed E-state index contributed by atoms with van der Waals surface area (Å²) in [5, 5.41) is 6.96. The molecule has 0 aliphatic carbocycles. The number of thiocarbonyl (C=S) groups is 1. The molecule has 1 aromatic carbocycles. The summed E-state index contributed by atoms with van der Waals surface area (Å²) in [4.78, 5) is 11.1. The van der Waals surface area contributed by atoms with Gasteiger partial charge in [-0.25, -0.2) is 4.98 Å². The van der Waals surface area contributed by atoms with Crippen LogP contribution in [0.1, 0.15) is 25.5 Å². The van der Waals surface area contributed by atoms with Crippen LogP contribution in [0.15, 0.2) is 52.9 Å². The van der Waals surface area contributed by atoms with E-state index in [2.05, 4.69) is 32.4 Å². The summed E-state index contributed by atoms with van der Waals surface area (Å²) in [7, 11) is 0. The highest BCUT2D eigenvalue weighted by Crippen LogP contribution is 2.24. The molecule has 3 aromatic rings. The van der Waals surface area contributed by atoms with Crippen molar-refractivity contribution in [1.82, 2.24) is 15.3 Å². The number of aromatic nitrogens is 2. The number of hydrogen-bond acceptors (Lipinski definition) is 5. The Kier molecular flexibility index (Phi) is 6.50. The molecule has 8 heteroatoms. The van der Waals surface area contributed by atoms with Gasteiger partial charge in [-0.05, 0) is 43.1 Å². The Balaban J connectivity index is 1.36. The van der Waals surface area contributed by atoms with Gasteiger partial charge in [0.05, 0.1) is 6.54 Å². The molecule has 6 nitrogen and oxygen atoms in total. The molecular formula is C22H24ClN5OS. The van der Waals surface area contributed by atoms with Gasteiger partial charge in [0.25, 0.3) is 0 Å². The van der Waals surface area contributed by atoms with Crippen molar-refractivity contribution in [2.75, 3.05) is 23.3 Å². The molecule has 1 saturated heterocycles. The van der Waals surface area contributed by atoms with E-state index in [4.69, 9.17) is 28.2 Å². The lowest BCUT2D eigenvalue weighted by Crippen LogP contribution is -2.35. The smallest absolute Gasteiger partial charge is 0.232 e. The summed E-state index contributed by atoms with van der Waals surface area (Å²) in [6.07, 6.45) is 2.40. The molecule has 156 valence electrons. The first-order chi connectivity index (χ1) is 14.6. The molecule has 2 N–H and O–H groups in total.